The number of hydrogen-bond acceptors (Lipinski definition) is 2. The Kier molecular flexibility index (Phi) is 49.6. The number of esters is 1. The van der Waals surface area contributed by atoms with Crippen LogP contribution in [-0.4, -0.2) is 12.6 Å². The molecule has 0 aliphatic rings. The van der Waals surface area contributed by atoms with Crippen LogP contribution in [0.5, 0.6) is 0 Å². The van der Waals surface area contributed by atoms with Gasteiger partial charge in [0.1, 0.15) is 0 Å². The van der Waals surface area contributed by atoms with Gasteiger partial charge in [0.2, 0.25) is 0 Å². The molecule has 0 aliphatic heterocycles. The zero-order chi connectivity index (χ0) is 40.5. The number of hydrogen-bond donors (Lipinski definition) is 0. The number of carbonyl (C=O) groups is 1. The Labute approximate surface area is 355 Å². The minimum atomic E-state index is 0.0204. The van der Waals surface area contributed by atoms with Gasteiger partial charge in [-0.05, 0) is 44.4 Å². The first-order chi connectivity index (χ1) is 27.7. The fraction of sp³-hybridized carbons (Fsp3) is 0.944. The lowest BCUT2D eigenvalue weighted by Gasteiger charge is -2.06. The third-order valence-corrected chi connectivity index (χ3v) is 12.3. The Morgan fingerprint density at radius 3 is 0.946 bits per heavy atom. The maximum absolute atomic E-state index is 12.0. The van der Waals surface area contributed by atoms with Crippen LogP contribution in [0, 0.1) is 5.92 Å². The van der Waals surface area contributed by atoms with Crippen LogP contribution in [0.1, 0.15) is 316 Å². The summed E-state index contributed by atoms with van der Waals surface area (Å²) in [5.41, 5.74) is 0. The lowest BCUT2D eigenvalue weighted by Crippen LogP contribution is -2.05. The zero-order valence-corrected chi connectivity index (χ0v) is 39.3. The molecule has 56 heavy (non-hydrogen) atoms. The predicted molar refractivity (Wildman–Crippen MR) is 253 cm³/mol. The summed E-state index contributed by atoms with van der Waals surface area (Å²) in [6.07, 6.45) is 68.0. The number of allylic oxidation sites excluding steroid dienone is 2. The Bertz CT molecular complexity index is 741. The summed E-state index contributed by atoms with van der Waals surface area (Å²) in [6, 6.07) is 0. The van der Waals surface area contributed by atoms with E-state index in [1.165, 1.54) is 270 Å². The topological polar surface area (TPSA) is 26.3 Å². The molecule has 0 saturated heterocycles. The molecule has 0 amide bonds. The molecule has 0 radical (unpaired) electrons. The first kappa shape index (κ1) is 55.2. The van der Waals surface area contributed by atoms with Gasteiger partial charge < -0.3 is 4.74 Å². The van der Waals surface area contributed by atoms with Crippen molar-refractivity contribution < 1.29 is 9.53 Å². The molecule has 0 rings (SSSR count). The lowest BCUT2D eigenvalue weighted by atomic mass is 10.0. The molecule has 2 nitrogen and oxygen atoms in total. The summed E-state index contributed by atoms with van der Waals surface area (Å²) in [4.78, 5) is 12.0. The van der Waals surface area contributed by atoms with E-state index in [9.17, 15) is 4.79 Å². The summed E-state index contributed by atoms with van der Waals surface area (Å²) < 4.78 is 5.47. The Balaban J connectivity index is 3.14. The van der Waals surface area contributed by atoms with Crippen LogP contribution in [0.4, 0.5) is 0 Å². The molecule has 0 aromatic rings. The summed E-state index contributed by atoms with van der Waals surface area (Å²) in [7, 11) is 0. The molecule has 2 heteroatoms. The van der Waals surface area contributed by atoms with E-state index in [0.29, 0.717) is 13.0 Å². The van der Waals surface area contributed by atoms with Gasteiger partial charge >= 0.3 is 5.97 Å². The first-order valence-corrected chi connectivity index (χ1v) is 26.5. The highest BCUT2D eigenvalue weighted by atomic mass is 16.5. The Morgan fingerprint density at radius 2 is 0.625 bits per heavy atom. The van der Waals surface area contributed by atoms with E-state index in [1.54, 1.807) is 0 Å². The quantitative estimate of drug-likeness (QED) is 0.0349. The Morgan fingerprint density at radius 1 is 0.357 bits per heavy atom. The lowest BCUT2D eigenvalue weighted by molar-refractivity contribution is -0.143. The van der Waals surface area contributed by atoms with E-state index >= 15 is 0 Å². The summed E-state index contributed by atoms with van der Waals surface area (Å²) in [5.74, 6) is 0.910. The van der Waals surface area contributed by atoms with Crippen LogP contribution in [0.3, 0.4) is 0 Å². The van der Waals surface area contributed by atoms with Gasteiger partial charge in [0, 0.05) is 6.42 Å². The fourth-order valence-electron chi connectivity index (χ4n) is 8.38. The molecule has 0 heterocycles. The maximum Gasteiger partial charge on any atom is 0.305 e. The number of rotatable bonds is 49. The van der Waals surface area contributed by atoms with Crippen molar-refractivity contribution in [2.45, 2.75) is 316 Å². The minimum Gasteiger partial charge on any atom is -0.466 e. The fourth-order valence-corrected chi connectivity index (χ4v) is 8.38. The van der Waals surface area contributed by atoms with E-state index in [2.05, 4.69) is 32.9 Å². The molecule has 334 valence electrons. The molecular weight excluding hydrogens is 681 g/mol. The molecule has 0 bridgehead atoms. The van der Waals surface area contributed by atoms with Gasteiger partial charge in [-0.3, -0.25) is 4.79 Å². The smallest absolute Gasteiger partial charge is 0.305 e. The molecule has 0 saturated carbocycles. The normalized spacial score (nSPS) is 11.8. The SMILES string of the molecule is CCCCCC/C=C\CCCCCCCC(=O)OCCCCCCCCCCCCCCCCCCCCCCCCCCCCCCCCCCCC(C)C. The van der Waals surface area contributed by atoms with Crippen molar-refractivity contribution >= 4 is 5.97 Å². The van der Waals surface area contributed by atoms with Gasteiger partial charge in [0.15, 0.2) is 0 Å². The van der Waals surface area contributed by atoms with Crippen LogP contribution in [0.15, 0.2) is 12.2 Å². The average molecular weight is 787 g/mol. The van der Waals surface area contributed by atoms with E-state index in [0.717, 1.165) is 25.2 Å². The molecule has 0 atom stereocenters. The van der Waals surface area contributed by atoms with Gasteiger partial charge in [-0.15, -0.1) is 0 Å². The second-order valence-electron chi connectivity index (χ2n) is 18.7. The van der Waals surface area contributed by atoms with Crippen molar-refractivity contribution in [2.75, 3.05) is 6.61 Å². The highest BCUT2D eigenvalue weighted by molar-refractivity contribution is 5.69. The van der Waals surface area contributed by atoms with Gasteiger partial charge in [-0.1, -0.05) is 283 Å². The summed E-state index contributed by atoms with van der Waals surface area (Å²) in [5, 5.41) is 0. The van der Waals surface area contributed by atoms with E-state index in [-0.39, 0.29) is 5.97 Å². The van der Waals surface area contributed by atoms with E-state index in [1.807, 2.05) is 0 Å². The van der Waals surface area contributed by atoms with Crippen molar-refractivity contribution in [3.8, 4) is 0 Å². The molecular formula is C54H106O2. The van der Waals surface area contributed by atoms with Crippen LogP contribution in [0.2, 0.25) is 0 Å². The Hall–Kier alpha value is -0.790. The van der Waals surface area contributed by atoms with Crippen molar-refractivity contribution in [3.63, 3.8) is 0 Å². The van der Waals surface area contributed by atoms with Crippen molar-refractivity contribution in [2.24, 2.45) is 5.92 Å². The number of carbonyl (C=O) groups excluding carboxylic acids is 1. The molecule has 0 unspecified atom stereocenters. The third-order valence-electron chi connectivity index (χ3n) is 12.3. The molecule has 0 aliphatic carbocycles. The van der Waals surface area contributed by atoms with E-state index in [4.69, 9.17) is 4.74 Å². The van der Waals surface area contributed by atoms with Crippen molar-refractivity contribution in [3.05, 3.63) is 12.2 Å². The van der Waals surface area contributed by atoms with Crippen LogP contribution >= 0.6 is 0 Å². The molecule has 0 spiro atoms. The van der Waals surface area contributed by atoms with Crippen molar-refractivity contribution in [1.82, 2.24) is 0 Å². The average Bonchev–Trinajstić information content (AvgIpc) is 3.19. The van der Waals surface area contributed by atoms with Gasteiger partial charge in [-0.2, -0.15) is 0 Å². The molecule has 0 aromatic carbocycles. The molecule has 0 fully saturated rings. The third kappa shape index (κ3) is 51.2. The van der Waals surface area contributed by atoms with E-state index < -0.39 is 0 Å². The highest BCUT2D eigenvalue weighted by Gasteiger charge is 2.03. The standard InChI is InChI=1S/C54H106O2/c1-4-5-6-7-8-9-10-32-36-39-42-45-48-51-54(55)56-52-49-46-43-40-37-34-31-29-27-25-23-21-19-17-15-13-11-12-14-16-18-20-22-24-26-28-30-33-35-38-41-44-47-50-53(2)3/h9-10,53H,4-8,11-52H2,1-3H3/b10-9-. The van der Waals surface area contributed by atoms with Crippen LogP contribution < -0.4 is 0 Å². The van der Waals surface area contributed by atoms with Crippen molar-refractivity contribution in [1.29, 1.82) is 0 Å². The number of unbranched alkanes of at least 4 members (excludes halogenated alkanes) is 41. The first-order valence-electron chi connectivity index (χ1n) is 26.5. The second-order valence-corrected chi connectivity index (χ2v) is 18.7. The van der Waals surface area contributed by atoms with Gasteiger partial charge in [0.05, 0.1) is 6.61 Å². The molecule has 0 aromatic heterocycles. The zero-order valence-electron chi connectivity index (χ0n) is 39.3. The summed E-state index contributed by atoms with van der Waals surface area (Å²) >= 11 is 0. The maximum atomic E-state index is 12.0. The summed E-state index contributed by atoms with van der Waals surface area (Å²) in [6.45, 7) is 7.60. The molecule has 0 N–H and O–H groups in total. The largest absolute Gasteiger partial charge is 0.466 e. The highest BCUT2D eigenvalue weighted by Crippen LogP contribution is 2.18. The second kappa shape index (κ2) is 50.4. The minimum absolute atomic E-state index is 0.0204. The van der Waals surface area contributed by atoms with Gasteiger partial charge in [-0.25, -0.2) is 0 Å². The van der Waals surface area contributed by atoms with Crippen LogP contribution in [0.25, 0.3) is 0 Å². The van der Waals surface area contributed by atoms with Gasteiger partial charge in [0.25, 0.3) is 0 Å². The number of ether oxygens (including phenoxy) is 1. The van der Waals surface area contributed by atoms with Crippen LogP contribution in [-0.2, 0) is 9.53 Å². The predicted octanol–water partition coefficient (Wildman–Crippen LogP) is 19.7. The monoisotopic (exact) mass is 787 g/mol.